The SMILES string of the molecule is NC(=NCCOc1ccc(F)c(F)c1)N1CCCCC1. The number of hydrogen-bond donors (Lipinski definition) is 1. The van der Waals surface area contributed by atoms with Crippen molar-refractivity contribution in [2.24, 2.45) is 10.7 Å². The first-order valence-corrected chi connectivity index (χ1v) is 6.79. The highest BCUT2D eigenvalue weighted by Crippen LogP contribution is 2.15. The molecule has 1 aliphatic heterocycles. The number of nitrogens with zero attached hydrogens (tertiary/aromatic N) is 2. The number of guanidine groups is 1. The Morgan fingerprint density at radius 1 is 1.20 bits per heavy atom. The van der Waals surface area contributed by atoms with Gasteiger partial charge >= 0.3 is 0 Å². The predicted molar refractivity (Wildman–Crippen MR) is 73.8 cm³/mol. The van der Waals surface area contributed by atoms with E-state index >= 15 is 0 Å². The molecule has 110 valence electrons. The Morgan fingerprint density at radius 3 is 2.65 bits per heavy atom. The maximum atomic E-state index is 13.0. The molecule has 0 aliphatic carbocycles. The van der Waals surface area contributed by atoms with Gasteiger partial charge in [0.1, 0.15) is 12.4 Å². The minimum Gasteiger partial charge on any atom is -0.492 e. The van der Waals surface area contributed by atoms with Gasteiger partial charge in [-0.3, -0.25) is 0 Å². The van der Waals surface area contributed by atoms with Crippen LogP contribution >= 0.6 is 0 Å². The summed E-state index contributed by atoms with van der Waals surface area (Å²) in [5, 5.41) is 0. The third-order valence-corrected chi connectivity index (χ3v) is 3.20. The summed E-state index contributed by atoms with van der Waals surface area (Å²) in [4.78, 5) is 6.29. The monoisotopic (exact) mass is 283 g/mol. The maximum Gasteiger partial charge on any atom is 0.191 e. The Morgan fingerprint density at radius 2 is 1.95 bits per heavy atom. The number of benzene rings is 1. The largest absolute Gasteiger partial charge is 0.492 e. The van der Waals surface area contributed by atoms with Crippen LogP contribution < -0.4 is 10.5 Å². The normalized spacial score (nSPS) is 16.3. The summed E-state index contributed by atoms with van der Waals surface area (Å²) in [6.45, 7) is 2.56. The van der Waals surface area contributed by atoms with Crippen LogP contribution in [0.4, 0.5) is 8.78 Å². The van der Waals surface area contributed by atoms with Crippen molar-refractivity contribution < 1.29 is 13.5 Å². The molecule has 1 aromatic rings. The van der Waals surface area contributed by atoms with E-state index in [1.807, 2.05) is 0 Å². The predicted octanol–water partition coefficient (Wildman–Crippen LogP) is 2.14. The molecule has 0 saturated carbocycles. The summed E-state index contributed by atoms with van der Waals surface area (Å²) in [5.41, 5.74) is 5.88. The molecule has 0 amide bonds. The summed E-state index contributed by atoms with van der Waals surface area (Å²) >= 11 is 0. The van der Waals surface area contributed by atoms with Crippen molar-refractivity contribution in [3.63, 3.8) is 0 Å². The fraction of sp³-hybridized carbons (Fsp3) is 0.500. The molecule has 0 bridgehead atoms. The van der Waals surface area contributed by atoms with E-state index in [4.69, 9.17) is 10.5 Å². The second-order valence-corrected chi connectivity index (χ2v) is 4.71. The van der Waals surface area contributed by atoms with Crippen molar-refractivity contribution in [3.8, 4) is 5.75 Å². The van der Waals surface area contributed by atoms with E-state index in [9.17, 15) is 8.78 Å². The first-order chi connectivity index (χ1) is 9.66. The van der Waals surface area contributed by atoms with E-state index in [1.165, 1.54) is 12.5 Å². The van der Waals surface area contributed by atoms with E-state index in [2.05, 4.69) is 9.89 Å². The fourth-order valence-corrected chi connectivity index (χ4v) is 2.11. The average Bonchev–Trinajstić information content (AvgIpc) is 2.48. The first kappa shape index (κ1) is 14.6. The zero-order valence-electron chi connectivity index (χ0n) is 11.3. The van der Waals surface area contributed by atoms with Gasteiger partial charge in [0.2, 0.25) is 0 Å². The van der Waals surface area contributed by atoms with Crippen LogP contribution in [-0.2, 0) is 0 Å². The van der Waals surface area contributed by atoms with Crippen LogP contribution in [0.1, 0.15) is 19.3 Å². The number of hydrogen-bond acceptors (Lipinski definition) is 2. The molecule has 1 saturated heterocycles. The van der Waals surface area contributed by atoms with Crippen molar-refractivity contribution in [2.75, 3.05) is 26.2 Å². The van der Waals surface area contributed by atoms with Crippen molar-refractivity contribution in [1.29, 1.82) is 0 Å². The molecule has 2 rings (SSSR count). The van der Waals surface area contributed by atoms with Crippen LogP contribution in [0, 0.1) is 11.6 Å². The number of halogens is 2. The summed E-state index contributed by atoms with van der Waals surface area (Å²) in [6, 6.07) is 3.44. The Bertz CT molecular complexity index is 473. The smallest absolute Gasteiger partial charge is 0.191 e. The second-order valence-electron chi connectivity index (χ2n) is 4.71. The van der Waals surface area contributed by atoms with Crippen molar-refractivity contribution in [2.45, 2.75) is 19.3 Å². The Hall–Kier alpha value is -1.85. The van der Waals surface area contributed by atoms with Gasteiger partial charge < -0.3 is 15.4 Å². The molecular formula is C14H19F2N3O. The minimum atomic E-state index is -0.918. The molecule has 1 fully saturated rings. The molecular weight excluding hydrogens is 264 g/mol. The lowest BCUT2D eigenvalue weighted by Crippen LogP contribution is -2.41. The molecule has 0 spiro atoms. The van der Waals surface area contributed by atoms with Crippen LogP contribution in [0.3, 0.4) is 0 Å². The summed E-state index contributed by atoms with van der Waals surface area (Å²) in [7, 11) is 0. The number of aliphatic imine (C=N–C) groups is 1. The molecule has 0 radical (unpaired) electrons. The lowest BCUT2D eigenvalue weighted by atomic mass is 10.1. The lowest BCUT2D eigenvalue weighted by molar-refractivity contribution is 0.318. The third-order valence-electron chi connectivity index (χ3n) is 3.20. The first-order valence-electron chi connectivity index (χ1n) is 6.79. The average molecular weight is 283 g/mol. The van der Waals surface area contributed by atoms with E-state index in [-0.39, 0.29) is 12.4 Å². The van der Waals surface area contributed by atoms with Crippen LogP contribution in [0.15, 0.2) is 23.2 Å². The van der Waals surface area contributed by atoms with Crippen LogP contribution in [0.2, 0.25) is 0 Å². The van der Waals surface area contributed by atoms with Crippen molar-refractivity contribution in [1.82, 2.24) is 4.90 Å². The number of ether oxygens (including phenoxy) is 1. The standard InChI is InChI=1S/C14H19F2N3O/c15-12-5-4-11(10-13(12)16)20-9-6-18-14(17)19-7-2-1-3-8-19/h4-5,10H,1-3,6-9H2,(H2,17,18). The molecule has 1 aromatic carbocycles. The van der Waals surface area contributed by atoms with E-state index in [0.717, 1.165) is 38.1 Å². The van der Waals surface area contributed by atoms with Crippen LogP contribution in [0.25, 0.3) is 0 Å². The van der Waals surface area contributed by atoms with Gasteiger partial charge in [-0.2, -0.15) is 0 Å². The van der Waals surface area contributed by atoms with Crippen LogP contribution in [-0.4, -0.2) is 37.1 Å². The van der Waals surface area contributed by atoms with E-state index < -0.39 is 11.6 Å². The van der Waals surface area contributed by atoms with Crippen molar-refractivity contribution in [3.05, 3.63) is 29.8 Å². The van der Waals surface area contributed by atoms with Gasteiger partial charge in [0, 0.05) is 19.2 Å². The number of piperidine rings is 1. The number of likely N-dealkylation sites (tertiary alicyclic amines) is 1. The minimum absolute atomic E-state index is 0.277. The molecule has 4 nitrogen and oxygen atoms in total. The fourth-order valence-electron chi connectivity index (χ4n) is 2.11. The molecule has 6 heteroatoms. The zero-order valence-corrected chi connectivity index (χ0v) is 11.3. The highest BCUT2D eigenvalue weighted by atomic mass is 19.2. The lowest BCUT2D eigenvalue weighted by Gasteiger charge is -2.27. The number of nitrogens with two attached hydrogens (primary N) is 1. The molecule has 1 heterocycles. The van der Waals surface area contributed by atoms with Gasteiger partial charge in [-0.25, -0.2) is 13.8 Å². The van der Waals surface area contributed by atoms with Crippen LogP contribution in [0.5, 0.6) is 5.75 Å². The molecule has 1 aliphatic rings. The quantitative estimate of drug-likeness (QED) is 0.523. The topological polar surface area (TPSA) is 50.9 Å². The molecule has 0 aromatic heterocycles. The molecule has 2 N–H and O–H groups in total. The van der Waals surface area contributed by atoms with Gasteiger partial charge in [-0.1, -0.05) is 0 Å². The van der Waals surface area contributed by atoms with E-state index in [1.54, 1.807) is 0 Å². The summed E-state index contributed by atoms with van der Waals surface area (Å²) in [6.07, 6.45) is 3.52. The highest BCUT2D eigenvalue weighted by molar-refractivity contribution is 5.78. The third kappa shape index (κ3) is 4.08. The van der Waals surface area contributed by atoms with E-state index in [0.29, 0.717) is 12.5 Å². The molecule has 20 heavy (non-hydrogen) atoms. The Labute approximate surface area is 117 Å². The van der Waals surface area contributed by atoms with Gasteiger partial charge in [-0.05, 0) is 31.4 Å². The Kier molecular flexibility index (Phi) is 5.15. The van der Waals surface area contributed by atoms with Gasteiger partial charge in [0.15, 0.2) is 17.6 Å². The van der Waals surface area contributed by atoms with Crippen molar-refractivity contribution >= 4 is 5.96 Å². The maximum absolute atomic E-state index is 13.0. The summed E-state index contributed by atoms with van der Waals surface area (Å²) < 4.78 is 31.0. The number of rotatable bonds is 4. The van der Waals surface area contributed by atoms with Gasteiger partial charge in [0.05, 0.1) is 6.54 Å². The highest BCUT2D eigenvalue weighted by Gasteiger charge is 2.11. The molecule has 0 unspecified atom stereocenters. The second kappa shape index (κ2) is 7.07. The Balaban J connectivity index is 1.76. The summed E-state index contributed by atoms with van der Waals surface area (Å²) in [5.74, 6) is -0.988. The van der Waals surface area contributed by atoms with Gasteiger partial charge in [-0.15, -0.1) is 0 Å². The zero-order chi connectivity index (χ0) is 14.4. The molecule has 0 atom stereocenters. The van der Waals surface area contributed by atoms with Gasteiger partial charge in [0.25, 0.3) is 0 Å².